The predicted octanol–water partition coefficient (Wildman–Crippen LogP) is 3.98. The van der Waals surface area contributed by atoms with Crippen LogP contribution < -0.4 is 4.74 Å². The van der Waals surface area contributed by atoms with E-state index in [1.54, 1.807) is 18.2 Å². The largest absolute Gasteiger partial charge is 0.506 e. The van der Waals surface area contributed by atoms with E-state index in [1.165, 1.54) is 24.3 Å². The summed E-state index contributed by atoms with van der Waals surface area (Å²) >= 11 is 5.71. The van der Waals surface area contributed by atoms with Crippen LogP contribution in [0, 0.1) is 5.82 Å². The van der Waals surface area contributed by atoms with Gasteiger partial charge in [-0.15, -0.1) is 0 Å². The van der Waals surface area contributed by atoms with Crippen molar-refractivity contribution in [3.63, 3.8) is 0 Å². The van der Waals surface area contributed by atoms with Gasteiger partial charge in [-0.25, -0.2) is 4.39 Å². The summed E-state index contributed by atoms with van der Waals surface area (Å²) in [5.41, 5.74) is 0. The standard InChI is InChI=1S/C12H8ClFO2/c13-11-7-10(4-5-12(11)15)16-9-3-1-2-8(14)6-9/h1-7,15H. The van der Waals surface area contributed by atoms with E-state index in [-0.39, 0.29) is 16.6 Å². The summed E-state index contributed by atoms with van der Waals surface area (Å²) in [6.45, 7) is 0. The van der Waals surface area contributed by atoms with Crippen molar-refractivity contribution in [3.8, 4) is 17.2 Å². The number of hydrogen-bond acceptors (Lipinski definition) is 2. The van der Waals surface area contributed by atoms with E-state index in [1.807, 2.05) is 0 Å². The van der Waals surface area contributed by atoms with E-state index >= 15 is 0 Å². The maximum Gasteiger partial charge on any atom is 0.134 e. The highest BCUT2D eigenvalue weighted by Crippen LogP contribution is 2.30. The van der Waals surface area contributed by atoms with Crippen molar-refractivity contribution < 1.29 is 14.2 Å². The molecule has 82 valence electrons. The monoisotopic (exact) mass is 238 g/mol. The molecular formula is C12H8ClFO2. The Morgan fingerprint density at radius 2 is 1.81 bits per heavy atom. The topological polar surface area (TPSA) is 29.5 Å². The van der Waals surface area contributed by atoms with Gasteiger partial charge >= 0.3 is 0 Å². The minimum atomic E-state index is -0.373. The fourth-order valence-corrected chi connectivity index (χ4v) is 1.39. The molecule has 1 N–H and O–H groups in total. The first-order chi connectivity index (χ1) is 7.65. The Balaban J connectivity index is 2.24. The van der Waals surface area contributed by atoms with E-state index in [4.69, 9.17) is 16.3 Å². The zero-order valence-corrected chi connectivity index (χ0v) is 8.91. The average molecular weight is 239 g/mol. The van der Waals surface area contributed by atoms with Crippen LogP contribution in [-0.4, -0.2) is 5.11 Å². The summed E-state index contributed by atoms with van der Waals surface area (Å²) < 4.78 is 18.2. The number of rotatable bonds is 2. The molecule has 0 saturated heterocycles. The van der Waals surface area contributed by atoms with Gasteiger partial charge in [-0.2, -0.15) is 0 Å². The van der Waals surface area contributed by atoms with E-state index in [9.17, 15) is 9.50 Å². The van der Waals surface area contributed by atoms with Gasteiger partial charge in [-0.05, 0) is 24.3 Å². The summed E-state index contributed by atoms with van der Waals surface area (Å²) in [7, 11) is 0. The smallest absolute Gasteiger partial charge is 0.134 e. The van der Waals surface area contributed by atoms with Crippen molar-refractivity contribution in [2.45, 2.75) is 0 Å². The van der Waals surface area contributed by atoms with Gasteiger partial charge < -0.3 is 9.84 Å². The molecule has 2 rings (SSSR count). The lowest BCUT2D eigenvalue weighted by Crippen LogP contribution is -1.84. The van der Waals surface area contributed by atoms with Crippen LogP contribution in [0.4, 0.5) is 4.39 Å². The van der Waals surface area contributed by atoms with E-state index in [0.717, 1.165) is 0 Å². The van der Waals surface area contributed by atoms with E-state index in [0.29, 0.717) is 11.5 Å². The molecule has 0 atom stereocenters. The van der Waals surface area contributed by atoms with Gasteiger partial charge in [0.1, 0.15) is 23.1 Å². The van der Waals surface area contributed by atoms with Crippen molar-refractivity contribution >= 4 is 11.6 Å². The molecule has 0 aliphatic heterocycles. The third kappa shape index (κ3) is 2.44. The van der Waals surface area contributed by atoms with Crippen LogP contribution in [0.15, 0.2) is 42.5 Å². The van der Waals surface area contributed by atoms with E-state index in [2.05, 4.69) is 0 Å². The molecule has 4 heteroatoms. The van der Waals surface area contributed by atoms with Gasteiger partial charge in [-0.3, -0.25) is 0 Å². The summed E-state index contributed by atoms with van der Waals surface area (Å²) in [5.74, 6) is 0.422. The highest BCUT2D eigenvalue weighted by molar-refractivity contribution is 6.32. The molecule has 0 spiro atoms. The Bertz CT molecular complexity index is 514. The Kier molecular flexibility index (Phi) is 2.97. The molecule has 0 saturated carbocycles. The molecule has 2 aromatic rings. The molecule has 0 radical (unpaired) electrons. The molecule has 0 amide bonds. The Hall–Kier alpha value is -1.74. The number of aromatic hydroxyl groups is 1. The fraction of sp³-hybridized carbons (Fsp3) is 0. The molecule has 0 bridgehead atoms. The Labute approximate surface area is 96.9 Å². The van der Waals surface area contributed by atoms with E-state index < -0.39 is 0 Å². The van der Waals surface area contributed by atoms with Crippen LogP contribution in [0.1, 0.15) is 0 Å². The minimum Gasteiger partial charge on any atom is -0.506 e. The van der Waals surface area contributed by atoms with Crippen LogP contribution in [0.3, 0.4) is 0 Å². The molecule has 0 unspecified atom stereocenters. The molecule has 2 aromatic carbocycles. The lowest BCUT2D eigenvalue weighted by molar-refractivity contribution is 0.462. The quantitative estimate of drug-likeness (QED) is 0.858. The Morgan fingerprint density at radius 1 is 1.06 bits per heavy atom. The van der Waals surface area contributed by atoms with Crippen LogP contribution >= 0.6 is 11.6 Å². The van der Waals surface area contributed by atoms with Gasteiger partial charge in [0, 0.05) is 12.1 Å². The maximum atomic E-state index is 12.9. The second-order valence-electron chi connectivity index (χ2n) is 3.17. The number of phenols is 1. The third-order valence-electron chi connectivity index (χ3n) is 1.95. The second kappa shape index (κ2) is 4.41. The van der Waals surface area contributed by atoms with Crippen molar-refractivity contribution in [2.75, 3.05) is 0 Å². The van der Waals surface area contributed by atoms with Gasteiger partial charge in [0.2, 0.25) is 0 Å². The van der Waals surface area contributed by atoms with Gasteiger partial charge in [-0.1, -0.05) is 17.7 Å². The van der Waals surface area contributed by atoms with Gasteiger partial charge in [0.05, 0.1) is 5.02 Å². The van der Waals surface area contributed by atoms with Gasteiger partial charge in [0.25, 0.3) is 0 Å². The predicted molar refractivity (Wildman–Crippen MR) is 59.6 cm³/mol. The fourth-order valence-electron chi connectivity index (χ4n) is 1.22. The lowest BCUT2D eigenvalue weighted by atomic mass is 10.3. The summed E-state index contributed by atoms with van der Waals surface area (Å²) in [4.78, 5) is 0. The number of hydrogen-bond donors (Lipinski definition) is 1. The molecule has 0 aromatic heterocycles. The van der Waals surface area contributed by atoms with Crippen molar-refractivity contribution in [2.24, 2.45) is 0 Å². The van der Waals surface area contributed by atoms with Crippen molar-refractivity contribution in [3.05, 3.63) is 53.3 Å². The molecule has 16 heavy (non-hydrogen) atoms. The summed E-state index contributed by atoms with van der Waals surface area (Å²) in [5, 5.41) is 9.40. The van der Waals surface area contributed by atoms with Crippen LogP contribution in [-0.2, 0) is 0 Å². The molecule has 0 aliphatic carbocycles. The summed E-state index contributed by atoms with van der Waals surface area (Å²) in [6, 6.07) is 10.2. The lowest BCUT2D eigenvalue weighted by Gasteiger charge is -2.06. The highest BCUT2D eigenvalue weighted by atomic mass is 35.5. The number of ether oxygens (including phenoxy) is 1. The first-order valence-corrected chi connectivity index (χ1v) is 4.95. The molecule has 0 heterocycles. The first-order valence-electron chi connectivity index (χ1n) is 4.57. The number of halogens is 2. The summed E-state index contributed by atoms with van der Waals surface area (Å²) in [6.07, 6.45) is 0. The van der Waals surface area contributed by atoms with Crippen LogP contribution in [0.5, 0.6) is 17.2 Å². The zero-order valence-electron chi connectivity index (χ0n) is 8.15. The molecule has 0 fully saturated rings. The van der Waals surface area contributed by atoms with Gasteiger partial charge in [0.15, 0.2) is 0 Å². The number of phenolic OH excluding ortho intramolecular Hbond substituents is 1. The van der Waals surface area contributed by atoms with Crippen LogP contribution in [0.25, 0.3) is 0 Å². The average Bonchev–Trinajstić information content (AvgIpc) is 2.24. The van der Waals surface area contributed by atoms with Crippen molar-refractivity contribution in [1.29, 1.82) is 0 Å². The second-order valence-corrected chi connectivity index (χ2v) is 3.58. The Morgan fingerprint density at radius 3 is 2.50 bits per heavy atom. The minimum absolute atomic E-state index is 0.0201. The maximum absolute atomic E-state index is 12.9. The first kappa shape index (κ1) is 10.8. The highest BCUT2D eigenvalue weighted by Gasteiger charge is 2.02. The molecule has 0 aliphatic rings. The molecular weight excluding hydrogens is 231 g/mol. The normalized spacial score (nSPS) is 10.1. The third-order valence-corrected chi connectivity index (χ3v) is 2.25. The van der Waals surface area contributed by atoms with Crippen LogP contribution in [0.2, 0.25) is 5.02 Å². The number of benzene rings is 2. The SMILES string of the molecule is Oc1ccc(Oc2cccc(F)c2)cc1Cl. The zero-order chi connectivity index (χ0) is 11.5. The molecule has 2 nitrogen and oxygen atoms in total. The van der Waals surface area contributed by atoms with Crippen molar-refractivity contribution in [1.82, 2.24) is 0 Å².